The molecule has 0 saturated heterocycles. The second-order valence-electron chi connectivity index (χ2n) is 5.70. The summed E-state index contributed by atoms with van der Waals surface area (Å²) in [4.78, 5) is 6.76. The second-order valence-corrected chi connectivity index (χ2v) is 5.70. The first-order chi connectivity index (χ1) is 8.49. The fourth-order valence-corrected chi connectivity index (χ4v) is 1.64. The zero-order valence-electron chi connectivity index (χ0n) is 12.5. The highest BCUT2D eigenvalue weighted by Crippen LogP contribution is 1.99. The zero-order chi connectivity index (χ0) is 13.5. The van der Waals surface area contributed by atoms with Crippen LogP contribution in [0.1, 0.15) is 33.4 Å². The van der Waals surface area contributed by atoms with Crippen LogP contribution in [0.25, 0.3) is 0 Å². The summed E-state index contributed by atoms with van der Waals surface area (Å²) in [6.45, 7) is 12.8. The Labute approximate surface area is 111 Å². The third-order valence-corrected chi connectivity index (χ3v) is 3.14. The maximum absolute atomic E-state index is 4.42. The van der Waals surface area contributed by atoms with Crippen LogP contribution in [0.5, 0.6) is 0 Å². The van der Waals surface area contributed by atoms with Crippen molar-refractivity contribution in [2.45, 2.75) is 46.8 Å². The summed E-state index contributed by atoms with van der Waals surface area (Å²) < 4.78 is 2.17. The average Bonchev–Trinajstić information content (AvgIpc) is 2.73. The molecule has 0 saturated carbocycles. The average molecular weight is 252 g/mol. The first kappa shape index (κ1) is 15.2. The Morgan fingerprint density at radius 1 is 1.33 bits per heavy atom. The molecule has 0 atom stereocenters. The van der Waals surface area contributed by atoms with Crippen LogP contribution in [0.3, 0.4) is 0 Å². The molecular weight excluding hydrogens is 224 g/mol. The standard InChI is InChI=1S/C14H28N4/c1-12(2)8-15-9-14-10-18(11-16-14)7-6-17(5)13(3)4/h10-13,15H,6-9H2,1-5H3. The Morgan fingerprint density at radius 3 is 2.67 bits per heavy atom. The molecule has 1 N–H and O–H groups in total. The lowest BCUT2D eigenvalue weighted by Gasteiger charge is -2.20. The van der Waals surface area contributed by atoms with E-state index in [0.717, 1.165) is 31.9 Å². The van der Waals surface area contributed by atoms with Crippen LogP contribution in [-0.4, -0.2) is 40.6 Å². The molecule has 104 valence electrons. The van der Waals surface area contributed by atoms with Gasteiger partial charge in [-0.05, 0) is 33.4 Å². The molecule has 1 aromatic rings. The van der Waals surface area contributed by atoms with Crippen LogP contribution in [-0.2, 0) is 13.1 Å². The molecule has 0 fully saturated rings. The van der Waals surface area contributed by atoms with Gasteiger partial charge in [-0.1, -0.05) is 13.8 Å². The van der Waals surface area contributed by atoms with E-state index in [1.807, 2.05) is 6.33 Å². The topological polar surface area (TPSA) is 33.1 Å². The van der Waals surface area contributed by atoms with Crippen LogP contribution in [0, 0.1) is 5.92 Å². The minimum absolute atomic E-state index is 0.598. The summed E-state index contributed by atoms with van der Waals surface area (Å²) in [6, 6.07) is 0.598. The quantitative estimate of drug-likeness (QED) is 0.768. The summed E-state index contributed by atoms with van der Waals surface area (Å²) in [7, 11) is 2.16. The highest BCUT2D eigenvalue weighted by Gasteiger charge is 2.04. The van der Waals surface area contributed by atoms with Crippen LogP contribution in [0.2, 0.25) is 0 Å². The molecule has 1 heterocycles. The van der Waals surface area contributed by atoms with Crippen molar-refractivity contribution in [3.8, 4) is 0 Å². The van der Waals surface area contributed by atoms with Crippen LogP contribution < -0.4 is 5.32 Å². The van der Waals surface area contributed by atoms with Gasteiger partial charge in [-0.2, -0.15) is 0 Å². The van der Waals surface area contributed by atoms with Gasteiger partial charge in [-0.15, -0.1) is 0 Å². The van der Waals surface area contributed by atoms with E-state index in [1.54, 1.807) is 0 Å². The van der Waals surface area contributed by atoms with Gasteiger partial charge in [0.15, 0.2) is 0 Å². The van der Waals surface area contributed by atoms with Crippen LogP contribution in [0.4, 0.5) is 0 Å². The van der Waals surface area contributed by atoms with E-state index >= 15 is 0 Å². The van der Waals surface area contributed by atoms with Crippen molar-refractivity contribution in [1.82, 2.24) is 19.8 Å². The van der Waals surface area contributed by atoms with Crippen molar-refractivity contribution in [2.24, 2.45) is 5.92 Å². The predicted molar refractivity (Wildman–Crippen MR) is 76.5 cm³/mol. The molecule has 0 radical (unpaired) electrons. The molecule has 0 bridgehead atoms. The summed E-state index contributed by atoms with van der Waals surface area (Å²) in [5, 5.41) is 3.41. The number of aromatic nitrogens is 2. The fourth-order valence-electron chi connectivity index (χ4n) is 1.64. The van der Waals surface area contributed by atoms with E-state index in [1.165, 1.54) is 0 Å². The number of rotatable bonds is 8. The minimum atomic E-state index is 0.598. The maximum atomic E-state index is 4.42. The molecule has 0 aromatic carbocycles. The van der Waals surface area contributed by atoms with E-state index in [0.29, 0.717) is 12.0 Å². The molecule has 18 heavy (non-hydrogen) atoms. The smallest absolute Gasteiger partial charge is 0.0950 e. The molecule has 4 nitrogen and oxygen atoms in total. The van der Waals surface area contributed by atoms with Crippen molar-refractivity contribution in [1.29, 1.82) is 0 Å². The lowest BCUT2D eigenvalue weighted by Crippen LogP contribution is -2.29. The first-order valence-corrected chi connectivity index (χ1v) is 6.90. The highest BCUT2D eigenvalue weighted by atomic mass is 15.1. The van der Waals surface area contributed by atoms with E-state index in [9.17, 15) is 0 Å². The third-order valence-electron chi connectivity index (χ3n) is 3.14. The summed E-state index contributed by atoms with van der Waals surface area (Å²) >= 11 is 0. The monoisotopic (exact) mass is 252 g/mol. The molecular formula is C14H28N4. The van der Waals surface area contributed by atoms with Crippen LogP contribution >= 0.6 is 0 Å². The predicted octanol–water partition coefficient (Wildman–Crippen LogP) is 1.97. The number of nitrogens with one attached hydrogen (secondary N) is 1. The lowest BCUT2D eigenvalue weighted by atomic mass is 10.2. The van der Waals surface area contributed by atoms with Gasteiger partial charge in [0, 0.05) is 31.9 Å². The normalized spacial score (nSPS) is 12.0. The largest absolute Gasteiger partial charge is 0.336 e. The summed E-state index contributed by atoms with van der Waals surface area (Å²) in [5.41, 5.74) is 1.13. The number of hydrogen-bond donors (Lipinski definition) is 1. The van der Waals surface area contributed by atoms with Gasteiger partial charge in [0.1, 0.15) is 0 Å². The van der Waals surface area contributed by atoms with E-state index < -0.39 is 0 Å². The van der Waals surface area contributed by atoms with E-state index in [-0.39, 0.29) is 0 Å². The van der Waals surface area contributed by atoms with Crippen molar-refractivity contribution in [3.05, 3.63) is 18.2 Å². The Balaban J connectivity index is 2.30. The molecule has 0 aliphatic rings. The van der Waals surface area contributed by atoms with Gasteiger partial charge >= 0.3 is 0 Å². The van der Waals surface area contributed by atoms with Crippen molar-refractivity contribution in [3.63, 3.8) is 0 Å². The van der Waals surface area contributed by atoms with Crippen molar-refractivity contribution >= 4 is 0 Å². The van der Waals surface area contributed by atoms with Gasteiger partial charge in [0.25, 0.3) is 0 Å². The fraction of sp³-hybridized carbons (Fsp3) is 0.786. The second kappa shape index (κ2) is 7.54. The Kier molecular flexibility index (Phi) is 6.36. The van der Waals surface area contributed by atoms with Gasteiger partial charge in [-0.3, -0.25) is 0 Å². The molecule has 0 unspecified atom stereocenters. The van der Waals surface area contributed by atoms with Gasteiger partial charge in [0.05, 0.1) is 12.0 Å². The molecule has 0 spiro atoms. The van der Waals surface area contributed by atoms with Crippen molar-refractivity contribution < 1.29 is 0 Å². The number of hydrogen-bond acceptors (Lipinski definition) is 3. The number of likely N-dealkylation sites (N-methyl/N-ethyl adjacent to an activating group) is 1. The third kappa shape index (κ3) is 5.65. The zero-order valence-corrected chi connectivity index (χ0v) is 12.5. The Hall–Kier alpha value is -0.870. The van der Waals surface area contributed by atoms with E-state index in [2.05, 4.69) is 60.7 Å². The molecule has 4 heteroatoms. The first-order valence-electron chi connectivity index (χ1n) is 6.90. The molecule has 1 aromatic heterocycles. The lowest BCUT2D eigenvalue weighted by molar-refractivity contribution is 0.263. The van der Waals surface area contributed by atoms with Gasteiger partial charge in [0.2, 0.25) is 0 Å². The minimum Gasteiger partial charge on any atom is -0.336 e. The molecule has 0 amide bonds. The van der Waals surface area contributed by atoms with Gasteiger partial charge < -0.3 is 14.8 Å². The number of nitrogens with zero attached hydrogens (tertiary/aromatic N) is 3. The molecule has 0 aliphatic carbocycles. The van der Waals surface area contributed by atoms with Gasteiger partial charge in [-0.25, -0.2) is 4.98 Å². The van der Waals surface area contributed by atoms with Crippen LogP contribution in [0.15, 0.2) is 12.5 Å². The number of imidazole rings is 1. The SMILES string of the molecule is CC(C)CNCc1cn(CCN(C)C(C)C)cn1. The highest BCUT2D eigenvalue weighted by molar-refractivity contribution is 4.96. The van der Waals surface area contributed by atoms with Crippen molar-refractivity contribution in [2.75, 3.05) is 20.1 Å². The summed E-state index contributed by atoms with van der Waals surface area (Å²) in [6.07, 6.45) is 4.07. The van der Waals surface area contributed by atoms with E-state index in [4.69, 9.17) is 0 Å². The summed E-state index contributed by atoms with van der Waals surface area (Å²) in [5.74, 6) is 0.687. The molecule has 0 aliphatic heterocycles. The molecule has 1 rings (SSSR count). The maximum Gasteiger partial charge on any atom is 0.0950 e. The Morgan fingerprint density at radius 2 is 2.06 bits per heavy atom. The Bertz CT molecular complexity index is 330.